The summed E-state index contributed by atoms with van der Waals surface area (Å²) < 4.78 is 4.79. The van der Waals surface area contributed by atoms with E-state index < -0.39 is 6.04 Å². The Balaban J connectivity index is 2.52. The molecule has 0 aromatic carbocycles. The van der Waals surface area contributed by atoms with Gasteiger partial charge in [0.1, 0.15) is 6.04 Å². The third-order valence-electron chi connectivity index (χ3n) is 1.93. The van der Waals surface area contributed by atoms with E-state index in [4.69, 9.17) is 4.74 Å². The third-order valence-corrected chi connectivity index (χ3v) is 1.93. The smallest absolute Gasteiger partial charge is 0.328 e. The molecule has 12 heavy (non-hydrogen) atoms. The van der Waals surface area contributed by atoms with E-state index in [0.29, 0.717) is 13.0 Å². The van der Waals surface area contributed by atoms with Gasteiger partial charge in [0.05, 0.1) is 6.61 Å². The van der Waals surface area contributed by atoms with Crippen LogP contribution in [0.1, 0.15) is 20.3 Å². The van der Waals surface area contributed by atoms with E-state index in [1.54, 1.807) is 6.92 Å². The number of ether oxygens (including phenoxy) is 1. The molecule has 1 rings (SSSR count). The summed E-state index contributed by atoms with van der Waals surface area (Å²) in [6.07, 6.45) is 0.420. The highest BCUT2D eigenvalue weighted by atomic mass is 16.5. The zero-order valence-electron chi connectivity index (χ0n) is 7.29. The minimum absolute atomic E-state index is 0.0524. The number of hydrogen-bond donors (Lipinski definition) is 1. The molecule has 0 bridgehead atoms. The van der Waals surface area contributed by atoms with Crippen molar-refractivity contribution in [3.8, 4) is 0 Å². The maximum atomic E-state index is 11.2. The lowest BCUT2D eigenvalue weighted by Gasteiger charge is -2.12. The van der Waals surface area contributed by atoms with E-state index in [0.717, 1.165) is 0 Å². The van der Waals surface area contributed by atoms with Gasteiger partial charge in [-0.15, -0.1) is 0 Å². The Hall–Kier alpha value is -1.06. The van der Waals surface area contributed by atoms with Gasteiger partial charge in [-0.05, 0) is 12.8 Å². The van der Waals surface area contributed by atoms with E-state index in [9.17, 15) is 9.59 Å². The Morgan fingerprint density at radius 3 is 2.83 bits per heavy atom. The van der Waals surface area contributed by atoms with Crippen molar-refractivity contribution in [3.05, 3.63) is 0 Å². The molecule has 0 spiro atoms. The predicted octanol–water partition coefficient (Wildman–Crippen LogP) is 0.0741. The average molecular weight is 171 g/mol. The van der Waals surface area contributed by atoms with Crippen LogP contribution in [0.25, 0.3) is 0 Å². The minimum atomic E-state index is -0.433. The summed E-state index contributed by atoms with van der Waals surface area (Å²) in [5.74, 6) is -0.340. The van der Waals surface area contributed by atoms with Crippen molar-refractivity contribution >= 4 is 11.9 Å². The minimum Gasteiger partial charge on any atom is -0.464 e. The number of amides is 1. The molecular weight excluding hydrogens is 158 g/mol. The van der Waals surface area contributed by atoms with Gasteiger partial charge < -0.3 is 10.1 Å². The molecule has 2 atom stereocenters. The fourth-order valence-electron chi connectivity index (χ4n) is 1.31. The number of carbonyl (C=O) groups excluding carboxylic acids is 2. The fourth-order valence-corrected chi connectivity index (χ4v) is 1.31. The molecule has 4 nitrogen and oxygen atoms in total. The summed E-state index contributed by atoms with van der Waals surface area (Å²) in [6.45, 7) is 3.97. The standard InChI is InChI=1S/C8H13NO3/c1-3-12-8(11)7-5(2)4-6(10)9-7/h5,7H,3-4H2,1-2H3,(H,9,10)/t5-,7+/m0/s1. The molecule has 0 aromatic rings. The van der Waals surface area contributed by atoms with Gasteiger partial charge in [-0.1, -0.05) is 6.92 Å². The number of nitrogens with one attached hydrogen (secondary N) is 1. The molecule has 1 fully saturated rings. The third kappa shape index (κ3) is 1.75. The van der Waals surface area contributed by atoms with Gasteiger partial charge in [-0.2, -0.15) is 0 Å². The summed E-state index contributed by atoms with van der Waals surface area (Å²) in [5, 5.41) is 2.57. The van der Waals surface area contributed by atoms with Crippen molar-refractivity contribution in [2.45, 2.75) is 26.3 Å². The monoisotopic (exact) mass is 171 g/mol. The lowest BCUT2D eigenvalue weighted by atomic mass is 10.0. The Bertz CT molecular complexity index is 202. The summed E-state index contributed by atoms with van der Waals surface area (Å²) in [6, 6.07) is -0.433. The Morgan fingerprint density at radius 2 is 2.42 bits per heavy atom. The molecule has 0 unspecified atom stereocenters. The van der Waals surface area contributed by atoms with Gasteiger partial charge in [0, 0.05) is 6.42 Å². The molecule has 0 aromatic heterocycles. The lowest BCUT2D eigenvalue weighted by Crippen LogP contribution is -2.37. The van der Waals surface area contributed by atoms with E-state index in [1.807, 2.05) is 6.92 Å². The topological polar surface area (TPSA) is 55.4 Å². The Morgan fingerprint density at radius 1 is 1.75 bits per heavy atom. The summed E-state index contributed by atoms with van der Waals surface area (Å²) in [4.78, 5) is 22.0. The van der Waals surface area contributed by atoms with Crippen molar-refractivity contribution < 1.29 is 14.3 Å². The fraction of sp³-hybridized carbons (Fsp3) is 0.750. The number of carbonyl (C=O) groups is 2. The lowest BCUT2D eigenvalue weighted by molar-refractivity contribution is -0.146. The second-order valence-corrected chi connectivity index (χ2v) is 2.98. The quantitative estimate of drug-likeness (QED) is 0.598. The molecule has 68 valence electrons. The van der Waals surface area contributed by atoms with Crippen molar-refractivity contribution in [1.82, 2.24) is 5.32 Å². The highest BCUT2D eigenvalue weighted by Crippen LogP contribution is 2.16. The van der Waals surface area contributed by atoms with E-state index in [1.165, 1.54) is 0 Å². The SMILES string of the molecule is CCOC(=O)[C@@H]1NC(=O)C[C@@H]1C. The first-order chi connectivity index (χ1) is 5.65. The molecule has 0 aliphatic carbocycles. The molecule has 1 amide bonds. The van der Waals surface area contributed by atoms with Crippen LogP contribution in [-0.4, -0.2) is 24.5 Å². The van der Waals surface area contributed by atoms with Crippen LogP contribution < -0.4 is 5.32 Å². The zero-order valence-corrected chi connectivity index (χ0v) is 7.29. The van der Waals surface area contributed by atoms with Gasteiger partial charge in [0.15, 0.2) is 0 Å². The maximum absolute atomic E-state index is 11.2. The van der Waals surface area contributed by atoms with Crippen LogP contribution in [0, 0.1) is 5.92 Å². The van der Waals surface area contributed by atoms with Crippen molar-refractivity contribution in [2.24, 2.45) is 5.92 Å². The number of rotatable bonds is 2. The van der Waals surface area contributed by atoms with Crippen LogP contribution in [0.2, 0.25) is 0 Å². The second-order valence-electron chi connectivity index (χ2n) is 2.98. The first-order valence-electron chi connectivity index (χ1n) is 4.11. The van der Waals surface area contributed by atoms with Crippen LogP contribution in [0.15, 0.2) is 0 Å². The van der Waals surface area contributed by atoms with Gasteiger partial charge in [0.25, 0.3) is 0 Å². The largest absolute Gasteiger partial charge is 0.464 e. The first-order valence-corrected chi connectivity index (χ1v) is 4.11. The Labute approximate surface area is 71.3 Å². The predicted molar refractivity (Wildman–Crippen MR) is 42.3 cm³/mol. The van der Waals surface area contributed by atoms with Crippen molar-refractivity contribution in [3.63, 3.8) is 0 Å². The summed E-state index contributed by atoms with van der Waals surface area (Å²) >= 11 is 0. The number of hydrogen-bond acceptors (Lipinski definition) is 3. The molecular formula is C8H13NO3. The van der Waals surface area contributed by atoms with Crippen molar-refractivity contribution in [2.75, 3.05) is 6.61 Å². The van der Waals surface area contributed by atoms with Gasteiger partial charge in [-0.3, -0.25) is 4.79 Å². The molecule has 1 aliphatic rings. The molecule has 1 saturated heterocycles. The molecule has 0 radical (unpaired) electrons. The molecule has 4 heteroatoms. The second kappa shape index (κ2) is 3.56. The molecule has 0 saturated carbocycles. The van der Waals surface area contributed by atoms with E-state index >= 15 is 0 Å². The van der Waals surface area contributed by atoms with Crippen molar-refractivity contribution in [1.29, 1.82) is 0 Å². The van der Waals surface area contributed by atoms with E-state index in [-0.39, 0.29) is 17.8 Å². The van der Waals surface area contributed by atoms with Gasteiger partial charge in [-0.25, -0.2) is 4.79 Å². The van der Waals surface area contributed by atoms with Crippen LogP contribution in [0.5, 0.6) is 0 Å². The van der Waals surface area contributed by atoms with Crippen LogP contribution in [0.4, 0.5) is 0 Å². The molecule has 1 aliphatic heterocycles. The maximum Gasteiger partial charge on any atom is 0.328 e. The summed E-state index contributed by atoms with van der Waals surface area (Å²) in [7, 11) is 0. The van der Waals surface area contributed by atoms with Gasteiger partial charge >= 0.3 is 5.97 Å². The zero-order chi connectivity index (χ0) is 9.14. The van der Waals surface area contributed by atoms with Crippen LogP contribution in [-0.2, 0) is 14.3 Å². The Kier molecular flexibility index (Phi) is 2.68. The highest BCUT2D eigenvalue weighted by molar-refractivity contribution is 5.88. The van der Waals surface area contributed by atoms with Gasteiger partial charge in [0.2, 0.25) is 5.91 Å². The average Bonchev–Trinajstić information content (AvgIpc) is 2.30. The van der Waals surface area contributed by atoms with E-state index in [2.05, 4.69) is 5.32 Å². The summed E-state index contributed by atoms with van der Waals surface area (Å²) in [5.41, 5.74) is 0. The molecule has 1 heterocycles. The highest BCUT2D eigenvalue weighted by Gasteiger charge is 2.35. The molecule has 1 N–H and O–H groups in total. The normalized spacial score (nSPS) is 28.3. The first kappa shape index (κ1) is 9.03. The van der Waals surface area contributed by atoms with Crippen LogP contribution in [0.3, 0.4) is 0 Å². The van der Waals surface area contributed by atoms with Crippen LogP contribution >= 0.6 is 0 Å². The number of esters is 1.